The molecule has 1 unspecified atom stereocenters. The smallest absolute Gasteiger partial charge is 0.407 e. The zero-order valence-electron chi connectivity index (χ0n) is 12.0. The third-order valence-electron chi connectivity index (χ3n) is 3.26. The number of rotatable bonds is 8. The van der Waals surface area contributed by atoms with Crippen molar-refractivity contribution in [2.45, 2.75) is 38.5 Å². The van der Waals surface area contributed by atoms with Crippen molar-refractivity contribution < 1.29 is 27.8 Å². The van der Waals surface area contributed by atoms with Crippen LogP contribution in [-0.4, -0.2) is 46.3 Å². The lowest BCUT2D eigenvalue weighted by Crippen LogP contribution is -2.28. The van der Waals surface area contributed by atoms with Gasteiger partial charge in [-0.1, -0.05) is 19.3 Å². The number of carbonyl (C=O) groups is 2. The summed E-state index contributed by atoms with van der Waals surface area (Å²) in [6.07, 6.45) is 4.85. The van der Waals surface area contributed by atoms with E-state index in [9.17, 15) is 13.8 Å². The van der Waals surface area contributed by atoms with Gasteiger partial charge in [-0.15, -0.1) is 0 Å². The van der Waals surface area contributed by atoms with E-state index in [0.29, 0.717) is 6.42 Å². The molecule has 1 aliphatic carbocycles. The van der Waals surface area contributed by atoms with Gasteiger partial charge in [0.15, 0.2) is 11.1 Å². The van der Waals surface area contributed by atoms with Gasteiger partial charge in [0.25, 0.3) is 0 Å². The highest BCUT2D eigenvalue weighted by molar-refractivity contribution is 7.79. The van der Waals surface area contributed by atoms with E-state index < -0.39 is 17.2 Å². The summed E-state index contributed by atoms with van der Waals surface area (Å²) < 4.78 is 28.8. The molecule has 0 radical (unpaired) electrons. The Hall–Kier alpha value is -1.15. The number of nitrogens with one attached hydrogen (secondary N) is 1. The topological polar surface area (TPSA) is 102 Å². The Morgan fingerprint density at radius 2 is 1.81 bits per heavy atom. The largest absolute Gasteiger partial charge is 0.462 e. The molecule has 0 heterocycles. The molecule has 0 aromatic heterocycles. The van der Waals surface area contributed by atoms with Crippen LogP contribution in [0.15, 0.2) is 0 Å². The number of carbonyl (C=O) groups excluding carboxylic acids is 2. The molecule has 8 heteroatoms. The van der Waals surface area contributed by atoms with Crippen LogP contribution in [0.5, 0.6) is 0 Å². The second-order valence-corrected chi connectivity index (χ2v) is 6.00. The molecule has 122 valence electrons. The third-order valence-corrected chi connectivity index (χ3v) is 3.90. The van der Waals surface area contributed by atoms with Crippen LogP contribution in [0.3, 0.4) is 0 Å². The van der Waals surface area contributed by atoms with E-state index in [2.05, 4.69) is 5.32 Å². The maximum absolute atomic E-state index is 11.7. The zero-order chi connectivity index (χ0) is 15.5. The summed E-state index contributed by atoms with van der Waals surface area (Å²) in [5.41, 5.74) is 0. The van der Waals surface area contributed by atoms with Crippen molar-refractivity contribution in [1.29, 1.82) is 0 Å². The van der Waals surface area contributed by atoms with Gasteiger partial charge in [-0.25, -0.2) is 9.00 Å². The summed E-state index contributed by atoms with van der Waals surface area (Å²) in [6, 6.07) is 0. The fourth-order valence-electron chi connectivity index (χ4n) is 2.17. The summed E-state index contributed by atoms with van der Waals surface area (Å²) in [5.74, 6) is -0.102. The standard InChI is InChI=1S/C13H23NO6S/c15-12(11-5-2-1-3-6-11)19-8-9-20-13(16)14-7-4-10-21(17)18/h11H,1-10H2,(H,14,16)(H,17,18). The Bertz CT molecular complexity index is 357. The molecule has 1 fully saturated rings. The van der Waals surface area contributed by atoms with Crippen LogP contribution in [0.2, 0.25) is 0 Å². The molecule has 2 N–H and O–H groups in total. The highest BCUT2D eigenvalue weighted by atomic mass is 32.2. The van der Waals surface area contributed by atoms with Crippen molar-refractivity contribution in [2.75, 3.05) is 25.5 Å². The fourth-order valence-corrected chi connectivity index (χ4v) is 2.56. The maximum atomic E-state index is 11.7. The van der Waals surface area contributed by atoms with Crippen LogP contribution in [0.1, 0.15) is 38.5 Å². The van der Waals surface area contributed by atoms with E-state index in [1.165, 1.54) is 6.42 Å². The first-order valence-corrected chi connectivity index (χ1v) is 8.52. The molecule has 1 saturated carbocycles. The number of hydrogen-bond donors (Lipinski definition) is 2. The van der Waals surface area contributed by atoms with Crippen LogP contribution in [0.25, 0.3) is 0 Å². The number of alkyl carbamates (subject to hydrolysis) is 1. The third kappa shape index (κ3) is 8.67. The van der Waals surface area contributed by atoms with Crippen molar-refractivity contribution in [2.24, 2.45) is 5.92 Å². The SMILES string of the molecule is O=C(NCCCS(=O)O)OCCOC(=O)C1CCCCC1. The molecule has 0 saturated heterocycles. The first-order chi connectivity index (χ1) is 10.1. The van der Waals surface area contributed by atoms with Crippen molar-refractivity contribution in [3.05, 3.63) is 0 Å². The number of ether oxygens (including phenoxy) is 2. The van der Waals surface area contributed by atoms with Crippen molar-refractivity contribution in [3.8, 4) is 0 Å². The van der Waals surface area contributed by atoms with Crippen LogP contribution in [0.4, 0.5) is 4.79 Å². The number of hydrogen-bond acceptors (Lipinski definition) is 5. The van der Waals surface area contributed by atoms with E-state index in [0.717, 1.165) is 25.7 Å². The van der Waals surface area contributed by atoms with Gasteiger partial charge in [0.1, 0.15) is 13.2 Å². The molecule has 7 nitrogen and oxygen atoms in total. The molecular weight excluding hydrogens is 298 g/mol. The highest BCUT2D eigenvalue weighted by Gasteiger charge is 2.22. The normalized spacial score (nSPS) is 17.0. The van der Waals surface area contributed by atoms with Gasteiger partial charge >= 0.3 is 12.1 Å². The lowest BCUT2D eigenvalue weighted by atomic mass is 9.89. The first kappa shape index (κ1) is 17.9. The molecule has 1 rings (SSSR count). The average molecular weight is 321 g/mol. The van der Waals surface area contributed by atoms with Crippen molar-refractivity contribution in [3.63, 3.8) is 0 Å². The lowest BCUT2D eigenvalue weighted by molar-refractivity contribution is -0.150. The van der Waals surface area contributed by atoms with Crippen molar-refractivity contribution in [1.82, 2.24) is 5.32 Å². The summed E-state index contributed by atoms with van der Waals surface area (Å²) in [4.78, 5) is 22.9. The van der Waals surface area contributed by atoms with Crippen LogP contribution in [0, 0.1) is 5.92 Å². The highest BCUT2D eigenvalue weighted by Crippen LogP contribution is 2.24. The lowest BCUT2D eigenvalue weighted by Gasteiger charge is -2.19. The minimum atomic E-state index is -1.84. The molecule has 0 spiro atoms. The van der Waals surface area contributed by atoms with Gasteiger partial charge in [-0.05, 0) is 19.3 Å². The van der Waals surface area contributed by atoms with Crippen LogP contribution in [-0.2, 0) is 25.3 Å². The summed E-state index contributed by atoms with van der Waals surface area (Å²) in [7, 11) is 0. The minimum Gasteiger partial charge on any atom is -0.462 e. The summed E-state index contributed by atoms with van der Waals surface area (Å²) >= 11 is -1.84. The number of amides is 1. The first-order valence-electron chi connectivity index (χ1n) is 7.24. The monoisotopic (exact) mass is 321 g/mol. The summed E-state index contributed by atoms with van der Waals surface area (Å²) in [6.45, 7) is 0.340. The molecule has 0 aromatic rings. The Kier molecular flexibility index (Phi) is 9.00. The van der Waals surface area contributed by atoms with Crippen molar-refractivity contribution >= 4 is 23.1 Å². The van der Waals surface area contributed by atoms with E-state index in [1.54, 1.807) is 0 Å². The van der Waals surface area contributed by atoms with Gasteiger partial charge < -0.3 is 19.3 Å². The number of esters is 1. The Morgan fingerprint density at radius 1 is 1.14 bits per heavy atom. The molecule has 1 amide bonds. The second-order valence-electron chi connectivity index (χ2n) is 4.94. The molecule has 0 aromatic carbocycles. The quantitative estimate of drug-likeness (QED) is 0.398. The minimum absolute atomic E-state index is 0.00747. The van der Waals surface area contributed by atoms with Crippen LogP contribution < -0.4 is 5.32 Å². The molecule has 21 heavy (non-hydrogen) atoms. The molecule has 1 atom stereocenters. The molecule has 1 aliphatic rings. The van der Waals surface area contributed by atoms with Gasteiger partial charge in [-0.2, -0.15) is 0 Å². The predicted octanol–water partition coefficient (Wildman–Crippen LogP) is 1.45. The Balaban J connectivity index is 1.98. The predicted molar refractivity (Wildman–Crippen MR) is 77.1 cm³/mol. The average Bonchev–Trinajstić information content (AvgIpc) is 2.48. The van der Waals surface area contributed by atoms with E-state index >= 15 is 0 Å². The molecule has 0 bridgehead atoms. The summed E-state index contributed by atoms with van der Waals surface area (Å²) in [5, 5.41) is 2.44. The fraction of sp³-hybridized carbons (Fsp3) is 0.846. The van der Waals surface area contributed by atoms with Gasteiger partial charge in [0.2, 0.25) is 0 Å². The van der Waals surface area contributed by atoms with Crippen LogP contribution >= 0.6 is 0 Å². The van der Waals surface area contributed by atoms with Gasteiger partial charge in [0, 0.05) is 6.54 Å². The maximum Gasteiger partial charge on any atom is 0.407 e. The van der Waals surface area contributed by atoms with Gasteiger partial charge in [0.05, 0.1) is 11.7 Å². The molecular formula is C13H23NO6S. The van der Waals surface area contributed by atoms with E-state index in [-0.39, 0.29) is 37.4 Å². The zero-order valence-corrected chi connectivity index (χ0v) is 12.9. The van der Waals surface area contributed by atoms with E-state index in [1.807, 2.05) is 0 Å². The van der Waals surface area contributed by atoms with E-state index in [4.69, 9.17) is 14.0 Å². The molecule has 0 aliphatic heterocycles. The van der Waals surface area contributed by atoms with Gasteiger partial charge in [-0.3, -0.25) is 4.79 Å². The second kappa shape index (κ2) is 10.6. The Morgan fingerprint density at radius 3 is 2.48 bits per heavy atom. The Labute approximate surface area is 127 Å².